The Bertz CT molecular complexity index is 875. The average molecular weight is 389 g/mol. The van der Waals surface area contributed by atoms with Crippen molar-refractivity contribution in [2.45, 2.75) is 33.7 Å². The molecule has 0 aromatic heterocycles. The fourth-order valence-corrected chi connectivity index (χ4v) is 3.58. The summed E-state index contributed by atoms with van der Waals surface area (Å²) in [5, 5.41) is 2.89. The van der Waals surface area contributed by atoms with E-state index < -0.39 is 10.0 Å². The van der Waals surface area contributed by atoms with E-state index in [0.717, 1.165) is 17.5 Å². The van der Waals surface area contributed by atoms with Gasteiger partial charge in [0.05, 0.1) is 18.5 Å². The second-order valence-electron chi connectivity index (χ2n) is 7.18. The van der Waals surface area contributed by atoms with Gasteiger partial charge in [-0.05, 0) is 54.7 Å². The Morgan fingerprint density at radius 3 is 2.26 bits per heavy atom. The number of anilines is 1. The molecule has 2 aromatic rings. The van der Waals surface area contributed by atoms with Gasteiger partial charge in [-0.25, -0.2) is 8.42 Å². The van der Waals surface area contributed by atoms with E-state index in [-0.39, 0.29) is 12.5 Å². The van der Waals surface area contributed by atoms with Crippen molar-refractivity contribution in [3.05, 3.63) is 65.2 Å². The molecule has 27 heavy (non-hydrogen) atoms. The second-order valence-corrected chi connectivity index (χ2v) is 9.09. The van der Waals surface area contributed by atoms with E-state index in [1.54, 1.807) is 24.3 Å². The van der Waals surface area contributed by atoms with E-state index in [4.69, 9.17) is 0 Å². The molecule has 1 N–H and O–H groups in total. The monoisotopic (exact) mass is 388 g/mol. The third-order valence-electron chi connectivity index (χ3n) is 4.40. The van der Waals surface area contributed by atoms with Gasteiger partial charge in [-0.1, -0.05) is 38.1 Å². The van der Waals surface area contributed by atoms with Crippen LogP contribution < -0.4 is 9.62 Å². The van der Waals surface area contributed by atoms with Crippen molar-refractivity contribution in [1.82, 2.24) is 5.32 Å². The summed E-state index contributed by atoms with van der Waals surface area (Å²) in [6.07, 6.45) is 2.11. The van der Waals surface area contributed by atoms with Crippen LogP contribution in [0.5, 0.6) is 0 Å². The van der Waals surface area contributed by atoms with Crippen LogP contribution in [0.15, 0.2) is 48.5 Å². The van der Waals surface area contributed by atoms with Gasteiger partial charge in [0, 0.05) is 12.1 Å². The van der Waals surface area contributed by atoms with E-state index in [2.05, 4.69) is 19.2 Å². The number of hydrogen-bond donors (Lipinski definition) is 1. The molecule has 0 saturated heterocycles. The van der Waals surface area contributed by atoms with Gasteiger partial charge in [-0.2, -0.15) is 0 Å². The van der Waals surface area contributed by atoms with E-state index in [1.165, 1.54) is 10.6 Å². The van der Waals surface area contributed by atoms with Crippen molar-refractivity contribution in [2.75, 3.05) is 17.1 Å². The zero-order valence-electron chi connectivity index (χ0n) is 16.4. The van der Waals surface area contributed by atoms with Crippen LogP contribution in [0, 0.1) is 12.8 Å². The largest absolute Gasteiger partial charge is 0.352 e. The van der Waals surface area contributed by atoms with Crippen molar-refractivity contribution in [3.8, 4) is 0 Å². The summed E-state index contributed by atoms with van der Waals surface area (Å²) in [5.74, 6) is 0.379. The number of benzene rings is 2. The molecule has 0 radical (unpaired) electrons. The van der Waals surface area contributed by atoms with Crippen LogP contribution in [-0.2, 0) is 16.6 Å². The molecular weight excluding hydrogens is 360 g/mol. The molecule has 0 unspecified atom stereocenters. The van der Waals surface area contributed by atoms with Gasteiger partial charge >= 0.3 is 0 Å². The quantitative estimate of drug-likeness (QED) is 0.749. The van der Waals surface area contributed by atoms with Crippen LogP contribution in [-0.4, -0.2) is 27.1 Å². The first kappa shape index (κ1) is 21.0. The Kier molecular flexibility index (Phi) is 7.02. The molecule has 0 fully saturated rings. The highest BCUT2D eigenvalue weighted by molar-refractivity contribution is 7.92. The minimum absolute atomic E-state index is 0.146. The molecule has 0 heterocycles. The number of rotatable bonds is 8. The number of hydrogen-bond acceptors (Lipinski definition) is 3. The molecule has 0 aliphatic carbocycles. The number of carbonyl (C=O) groups excluding carboxylic acids is 1. The lowest BCUT2D eigenvalue weighted by Crippen LogP contribution is -2.30. The highest BCUT2D eigenvalue weighted by atomic mass is 32.2. The Morgan fingerprint density at radius 1 is 1.07 bits per heavy atom. The third kappa shape index (κ3) is 6.10. The normalized spacial score (nSPS) is 11.4. The maximum absolute atomic E-state index is 12.3. The third-order valence-corrected chi connectivity index (χ3v) is 5.54. The van der Waals surface area contributed by atoms with Crippen LogP contribution in [0.25, 0.3) is 0 Å². The minimum atomic E-state index is -3.46. The molecule has 0 saturated carbocycles. The molecule has 1 amide bonds. The molecule has 0 aliphatic rings. The number of carbonyl (C=O) groups is 1. The summed E-state index contributed by atoms with van der Waals surface area (Å²) in [5.41, 5.74) is 3.04. The van der Waals surface area contributed by atoms with Gasteiger partial charge in [0.2, 0.25) is 10.0 Å². The molecule has 0 atom stereocenters. The topological polar surface area (TPSA) is 66.5 Å². The van der Waals surface area contributed by atoms with Crippen LogP contribution in [0.3, 0.4) is 0 Å². The SMILES string of the molecule is Cc1ccccc1CN(c1ccc(C(=O)NCCC(C)C)cc1)S(C)(=O)=O. The maximum atomic E-state index is 12.3. The average Bonchev–Trinajstić information content (AvgIpc) is 2.60. The zero-order valence-corrected chi connectivity index (χ0v) is 17.2. The summed E-state index contributed by atoms with van der Waals surface area (Å²) >= 11 is 0. The standard InChI is InChI=1S/C21H28N2O3S/c1-16(2)13-14-22-21(24)18-9-11-20(12-10-18)23(27(4,25)26)15-19-8-6-5-7-17(19)3/h5-12,16H,13-15H2,1-4H3,(H,22,24). The van der Waals surface area contributed by atoms with Crippen molar-refractivity contribution in [1.29, 1.82) is 0 Å². The number of aryl methyl sites for hydroxylation is 1. The lowest BCUT2D eigenvalue weighted by Gasteiger charge is -2.23. The van der Waals surface area contributed by atoms with Crippen molar-refractivity contribution >= 4 is 21.6 Å². The second kappa shape index (κ2) is 9.04. The predicted molar refractivity (Wildman–Crippen MR) is 110 cm³/mol. The first-order valence-electron chi connectivity index (χ1n) is 9.09. The summed E-state index contributed by atoms with van der Waals surface area (Å²) in [6, 6.07) is 14.4. The van der Waals surface area contributed by atoms with Crippen LogP contribution >= 0.6 is 0 Å². The molecule has 0 spiro atoms. The molecule has 0 aliphatic heterocycles. The van der Waals surface area contributed by atoms with Gasteiger partial charge < -0.3 is 5.32 Å². The molecule has 5 nitrogen and oxygen atoms in total. The first-order valence-corrected chi connectivity index (χ1v) is 10.9. The summed E-state index contributed by atoms with van der Waals surface area (Å²) in [6.45, 7) is 7.05. The van der Waals surface area contributed by atoms with Crippen molar-refractivity contribution in [2.24, 2.45) is 5.92 Å². The molecule has 0 bridgehead atoms. The van der Waals surface area contributed by atoms with E-state index in [0.29, 0.717) is 23.7 Å². The highest BCUT2D eigenvalue weighted by Crippen LogP contribution is 2.22. The van der Waals surface area contributed by atoms with Crippen LogP contribution in [0.1, 0.15) is 41.8 Å². The van der Waals surface area contributed by atoms with Gasteiger partial charge in [0.1, 0.15) is 0 Å². The van der Waals surface area contributed by atoms with Gasteiger partial charge in [-0.15, -0.1) is 0 Å². The fourth-order valence-electron chi connectivity index (χ4n) is 2.70. The van der Waals surface area contributed by atoms with Gasteiger partial charge in [0.25, 0.3) is 5.91 Å². The van der Waals surface area contributed by atoms with E-state index >= 15 is 0 Å². The molecule has 146 valence electrons. The van der Waals surface area contributed by atoms with Crippen molar-refractivity contribution in [3.63, 3.8) is 0 Å². The summed E-state index contributed by atoms with van der Waals surface area (Å²) < 4.78 is 26.0. The minimum Gasteiger partial charge on any atom is -0.352 e. The van der Waals surface area contributed by atoms with E-state index in [1.807, 2.05) is 31.2 Å². The lowest BCUT2D eigenvalue weighted by atomic mass is 10.1. The van der Waals surface area contributed by atoms with Crippen LogP contribution in [0.2, 0.25) is 0 Å². The number of nitrogens with one attached hydrogen (secondary N) is 1. The molecule has 2 rings (SSSR count). The Balaban J connectivity index is 2.18. The summed E-state index contributed by atoms with van der Waals surface area (Å²) in [4.78, 5) is 12.2. The van der Waals surface area contributed by atoms with Gasteiger partial charge in [0.15, 0.2) is 0 Å². The lowest BCUT2D eigenvalue weighted by molar-refractivity contribution is 0.0952. The first-order chi connectivity index (χ1) is 12.7. The van der Waals surface area contributed by atoms with Gasteiger partial charge in [-0.3, -0.25) is 9.10 Å². The number of amides is 1. The number of nitrogens with zero attached hydrogens (tertiary/aromatic N) is 1. The molecule has 2 aromatic carbocycles. The smallest absolute Gasteiger partial charge is 0.251 e. The maximum Gasteiger partial charge on any atom is 0.251 e. The Labute approximate surface area is 162 Å². The Morgan fingerprint density at radius 2 is 1.70 bits per heavy atom. The molecule has 6 heteroatoms. The predicted octanol–water partition coefficient (Wildman–Crippen LogP) is 3.74. The Hall–Kier alpha value is -2.34. The number of sulfonamides is 1. The van der Waals surface area contributed by atoms with E-state index in [9.17, 15) is 13.2 Å². The molecular formula is C21H28N2O3S. The fraction of sp³-hybridized carbons (Fsp3) is 0.381. The van der Waals surface area contributed by atoms with Crippen molar-refractivity contribution < 1.29 is 13.2 Å². The van der Waals surface area contributed by atoms with Crippen LogP contribution in [0.4, 0.5) is 5.69 Å². The zero-order chi connectivity index (χ0) is 20.0. The summed E-state index contributed by atoms with van der Waals surface area (Å²) in [7, 11) is -3.46. The highest BCUT2D eigenvalue weighted by Gasteiger charge is 2.19.